The number of ether oxygens (including phenoxy) is 1. The van der Waals surface area contributed by atoms with Crippen LogP contribution in [0.15, 0.2) is 24.3 Å². The van der Waals surface area contributed by atoms with E-state index in [2.05, 4.69) is 10.2 Å². The zero-order valence-electron chi connectivity index (χ0n) is 15.5. The van der Waals surface area contributed by atoms with Crippen LogP contribution in [-0.2, 0) is 22.6 Å². The van der Waals surface area contributed by atoms with Gasteiger partial charge in [0.15, 0.2) is 11.9 Å². The molecule has 2 amide bonds. The average molecular weight is 357 g/mol. The van der Waals surface area contributed by atoms with Gasteiger partial charge in [-0.1, -0.05) is 12.1 Å². The van der Waals surface area contributed by atoms with E-state index in [9.17, 15) is 9.59 Å². The zero-order valence-corrected chi connectivity index (χ0v) is 15.5. The van der Waals surface area contributed by atoms with Gasteiger partial charge >= 0.3 is 0 Å². The van der Waals surface area contributed by atoms with Gasteiger partial charge in [0.1, 0.15) is 11.6 Å². The molecule has 1 aromatic heterocycles. The molecule has 26 heavy (non-hydrogen) atoms. The Morgan fingerprint density at radius 2 is 1.88 bits per heavy atom. The predicted molar refractivity (Wildman–Crippen MR) is 94.6 cm³/mol. The second-order valence-electron chi connectivity index (χ2n) is 6.50. The van der Waals surface area contributed by atoms with Crippen molar-refractivity contribution in [2.24, 2.45) is 0 Å². The van der Waals surface area contributed by atoms with Crippen molar-refractivity contribution in [2.45, 2.75) is 25.9 Å². The second kappa shape index (κ2) is 7.15. The van der Waals surface area contributed by atoms with Crippen molar-refractivity contribution in [3.8, 4) is 5.75 Å². The highest BCUT2D eigenvalue weighted by Crippen LogP contribution is 2.27. The van der Waals surface area contributed by atoms with Crippen LogP contribution in [0, 0.1) is 6.92 Å². The minimum Gasteiger partial charge on any atom is -0.497 e. The summed E-state index contributed by atoms with van der Waals surface area (Å²) < 4.78 is 7.05. The lowest BCUT2D eigenvalue weighted by Crippen LogP contribution is -2.49. The summed E-state index contributed by atoms with van der Waals surface area (Å²) in [6.07, 6.45) is 0.217. The number of rotatable bonds is 4. The molecule has 0 bridgehead atoms. The molecule has 0 N–H and O–H groups in total. The van der Waals surface area contributed by atoms with Crippen LogP contribution < -0.4 is 4.74 Å². The van der Waals surface area contributed by atoms with Crippen LogP contribution >= 0.6 is 0 Å². The second-order valence-corrected chi connectivity index (χ2v) is 6.50. The third-order valence-electron chi connectivity index (χ3n) is 4.59. The minimum absolute atomic E-state index is 0.109. The van der Waals surface area contributed by atoms with Gasteiger partial charge in [-0.3, -0.25) is 9.59 Å². The summed E-state index contributed by atoms with van der Waals surface area (Å²) in [6.45, 7) is 2.88. The minimum atomic E-state index is -0.745. The molecule has 8 nitrogen and oxygen atoms in total. The standard InChI is InChI=1S/C18H23N5O3/c1-12-19-20-17-16(18(25)21(2)3)23(10-9-22(12)17)15(24)11-13-5-7-14(26-4)8-6-13/h5-8,16H,9-11H2,1-4H3. The number of carbonyl (C=O) groups excluding carboxylic acids is 2. The van der Waals surface area contributed by atoms with Gasteiger partial charge in [0.25, 0.3) is 5.91 Å². The Hall–Kier alpha value is -2.90. The number of methoxy groups -OCH3 is 1. The number of carbonyl (C=O) groups is 2. The van der Waals surface area contributed by atoms with Crippen LogP contribution in [0.3, 0.4) is 0 Å². The van der Waals surface area contributed by atoms with Crippen molar-refractivity contribution in [1.82, 2.24) is 24.6 Å². The fourth-order valence-electron chi connectivity index (χ4n) is 3.13. The number of nitrogens with zero attached hydrogens (tertiary/aromatic N) is 5. The molecule has 3 rings (SSSR count). The first-order valence-electron chi connectivity index (χ1n) is 8.45. The lowest BCUT2D eigenvalue weighted by atomic mass is 10.1. The Labute approximate surface area is 152 Å². The van der Waals surface area contributed by atoms with Gasteiger partial charge in [0, 0.05) is 27.2 Å². The molecule has 1 aliphatic heterocycles. The third-order valence-corrected chi connectivity index (χ3v) is 4.59. The molecule has 0 spiro atoms. The van der Waals surface area contributed by atoms with Crippen molar-refractivity contribution in [2.75, 3.05) is 27.7 Å². The van der Waals surface area contributed by atoms with E-state index in [4.69, 9.17) is 4.74 Å². The van der Waals surface area contributed by atoms with Crippen molar-refractivity contribution in [3.63, 3.8) is 0 Å². The summed E-state index contributed by atoms with van der Waals surface area (Å²) in [4.78, 5) is 28.8. The Bertz CT molecular complexity index is 813. The topological polar surface area (TPSA) is 80.6 Å². The van der Waals surface area contributed by atoms with E-state index in [1.54, 1.807) is 26.1 Å². The van der Waals surface area contributed by atoms with Gasteiger partial charge in [0.2, 0.25) is 5.91 Å². The number of amides is 2. The van der Waals surface area contributed by atoms with E-state index in [-0.39, 0.29) is 18.2 Å². The summed E-state index contributed by atoms with van der Waals surface area (Å²) in [5.74, 6) is 1.72. The predicted octanol–water partition coefficient (Wildman–Crippen LogP) is 0.809. The first kappa shape index (κ1) is 17.9. The van der Waals surface area contributed by atoms with E-state index in [0.717, 1.165) is 17.1 Å². The van der Waals surface area contributed by atoms with Crippen LogP contribution in [0.25, 0.3) is 0 Å². The number of hydrogen-bond donors (Lipinski definition) is 0. The highest BCUT2D eigenvalue weighted by atomic mass is 16.5. The Kier molecular flexibility index (Phi) is 4.92. The van der Waals surface area contributed by atoms with Crippen LogP contribution in [0.5, 0.6) is 5.75 Å². The highest BCUT2D eigenvalue weighted by Gasteiger charge is 2.39. The monoisotopic (exact) mass is 357 g/mol. The lowest BCUT2D eigenvalue weighted by molar-refractivity contribution is -0.146. The third kappa shape index (κ3) is 3.26. The first-order valence-corrected chi connectivity index (χ1v) is 8.45. The Morgan fingerprint density at radius 3 is 2.50 bits per heavy atom. The summed E-state index contributed by atoms with van der Waals surface area (Å²) in [6, 6.07) is 6.61. The molecule has 1 aliphatic rings. The van der Waals surface area contributed by atoms with Gasteiger partial charge in [0.05, 0.1) is 13.5 Å². The van der Waals surface area contributed by atoms with Gasteiger partial charge in [-0.15, -0.1) is 10.2 Å². The molecular weight excluding hydrogens is 334 g/mol. The van der Waals surface area contributed by atoms with E-state index < -0.39 is 6.04 Å². The number of likely N-dealkylation sites (N-methyl/N-ethyl adjacent to an activating group) is 1. The largest absolute Gasteiger partial charge is 0.497 e. The van der Waals surface area contributed by atoms with E-state index in [0.29, 0.717) is 18.9 Å². The van der Waals surface area contributed by atoms with Crippen LogP contribution in [0.4, 0.5) is 0 Å². The van der Waals surface area contributed by atoms with Crippen LogP contribution in [-0.4, -0.2) is 64.1 Å². The summed E-state index contributed by atoms with van der Waals surface area (Å²) in [5.41, 5.74) is 0.870. The molecular formula is C18H23N5O3. The van der Waals surface area contributed by atoms with Crippen molar-refractivity contribution in [1.29, 1.82) is 0 Å². The maximum absolute atomic E-state index is 12.9. The van der Waals surface area contributed by atoms with Gasteiger partial charge in [-0.2, -0.15) is 0 Å². The fourth-order valence-corrected chi connectivity index (χ4v) is 3.13. The highest BCUT2D eigenvalue weighted by molar-refractivity contribution is 5.89. The molecule has 0 fully saturated rings. The summed E-state index contributed by atoms with van der Waals surface area (Å²) >= 11 is 0. The van der Waals surface area contributed by atoms with Crippen LogP contribution in [0.2, 0.25) is 0 Å². The smallest absolute Gasteiger partial charge is 0.252 e. The summed E-state index contributed by atoms with van der Waals surface area (Å²) in [5, 5.41) is 8.24. The number of aryl methyl sites for hydroxylation is 1. The molecule has 0 aliphatic carbocycles. The quantitative estimate of drug-likeness (QED) is 0.809. The van der Waals surface area contributed by atoms with E-state index in [1.165, 1.54) is 4.90 Å². The molecule has 1 aromatic carbocycles. The van der Waals surface area contributed by atoms with E-state index >= 15 is 0 Å². The first-order chi connectivity index (χ1) is 12.4. The molecule has 138 valence electrons. The molecule has 0 radical (unpaired) electrons. The lowest BCUT2D eigenvalue weighted by Gasteiger charge is -2.36. The summed E-state index contributed by atoms with van der Waals surface area (Å²) in [7, 11) is 4.96. The van der Waals surface area contributed by atoms with Gasteiger partial charge in [-0.25, -0.2) is 0 Å². The molecule has 8 heteroatoms. The number of fused-ring (bicyclic) bond motifs is 1. The van der Waals surface area contributed by atoms with E-state index in [1.807, 2.05) is 35.8 Å². The molecule has 0 saturated carbocycles. The van der Waals surface area contributed by atoms with Gasteiger partial charge in [-0.05, 0) is 24.6 Å². The Morgan fingerprint density at radius 1 is 1.19 bits per heavy atom. The molecule has 1 unspecified atom stereocenters. The Balaban J connectivity index is 1.86. The SMILES string of the molecule is COc1ccc(CC(=O)N2CCn3c(C)nnc3C2C(=O)N(C)C)cc1. The van der Waals surface area contributed by atoms with Crippen LogP contribution in [0.1, 0.15) is 23.3 Å². The number of hydrogen-bond acceptors (Lipinski definition) is 5. The maximum atomic E-state index is 12.9. The fraction of sp³-hybridized carbons (Fsp3) is 0.444. The van der Waals surface area contributed by atoms with Crippen molar-refractivity contribution < 1.29 is 14.3 Å². The normalized spacial score (nSPS) is 16.2. The average Bonchev–Trinajstić information content (AvgIpc) is 3.02. The molecule has 2 heterocycles. The molecule has 1 atom stereocenters. The van der Waals surface area contributed by atoms with Gasteiger partial charge < -0.3 is 19.1 Å². The zero-order chi connectivity index (χ0) is 18.8. The molecule has 0 saturated heterocycles. The van der Waals surface area contributed by atoms with Crippen molar-refractivity contribution >= 4 is 11.8 Å². The maximum Gasteiger partial charge on any atom is 0.252 e. The van der Waals surface area contributed by atoms with Crippen molar-refractivity contribution in [3.05, 3.63) is 41.5 Å². The number of aromatic nitrogens is 3. The molecule has 2 aromatic rings. The number of benzene rings is 1.